The number of carbonyl (C=O) groups is 1. The summed E-state index contributed by atoms with van der Waals surface area (Å²) in [6.07, 6.45) is 5.27. The van der Waals surface area contributed by atoms with Crippen molar-refractivity contribution in [3.63, 3.8) is 0 Å². The summed E-state index contributed by atoms with van der Waals surface area (Å²) in [7, 11) is 1.45. The third kappa shape index (κ3) is 1.83. The second kappa shape index (κ2) is 4.57. The van der Waals surface area contributed by atoms with Gasteiger partial charge in [0.25, 0.3) is 0 Å². The molecule has 1 aromatic heterocycles. The van der Waals surface area contributed by atoms with E-state index in [1.54, 1.807) is 0 Å². The van der Waals surface area contributed by atoms with Crippen LogP contribution in [-0.4, -0.2) is 22.6 Å². The molecule has 1 fully saturated rings. The number of hydrogen-bond acceptors (Lipinski definition) is 3. The molecule has 2 aliphatic rings. The molecule has 0 N–H and O–H groups in total. The molecular formula is C13H17ClN2O2. The minimum Gasteiger partial charge on any atom is -0.469 e. The van der Waals surface area contributed by atoms with Crippen LogP contribution in [0.5, 0.6) is 0 Å². The third-order valence-corrected chi connectivity index (χ3v) is 4.49. The Morgan fingerprint density at radius 2 is 2.22 bits per heavy atom. The third-order valence-electron chi connectivity index (χ3n) is 4.19. The van der Waals surface area contributed by atoms with Crippen molar-refractivity contribution in [3.8, 4) is 0 Å². The molecule has 1 aliphatic carbocycles. The van der Waals surface area contributed by atoms with E-state index in [9.17, 15) is 4.79 Å². The number of methoxy groups -OCH3 is 1. The molecule has 0 aromatic carbocycles. The van der Waals surface area contributed by atoms with Crippen LogP contribution in [0.15, 0.2) is 0 Å². The first-order valence-corrected chi connectivity index (χ1v) is 6.91. The highest BCUT2D eigenvalue weighted by Crippen LogP contribution is 2.39. The molecule has 4 nitrogen and oxygen atoms in total. The lowest BCUT2D eigenvalue weighted by Crippen LogP contribution is -2.29. The Bertz CT molecular complexity index is 480. The maximum absolute atomic E-state index is 11.7. The zero-order valence-corrected chi connectivity index (χ0v) is 11.2. The van der Waals surface area contributed by atoms with Crippen molar-refractivity contribution in [2.24, 2.45) is 5.92 Å². The van der Waals surface area contributed by atoms with E-state index in [-0.39, 0.29) is 11.9 Å². The minimum atomic E-state index is -0.120. The molecule has 0 amide bonds. The Balaban J connectivity index is 1.90. The second-order valence-corrected chi connectivity index (χ2v) is 5.56. The predicted molar refractivity (Wildman–Crippen MR) is 67.7 cm³/mol. The van der Waals surface area contributed by atoms with Gasteiger partial charge in [-0.3, -0.25) is 4.79 Å². The summed E-state index contributed by atoms with van der Waals surface area (Å²) < 4.78 is 7.01. The maximum Gasteiger partial charge on any atom is 0.310 e. The molecule has 0 radical (unpaired) electrons. The van der Waals surface area contributed by atoms with Gasteiger partial charge < -0.3 is 9.30 Å². The highest BCUT2D eigenvalue weighted by Gasteiger charge is 2.33. The van der Waals surface area contributed by atoms with E-state index >= 15 is 0 Å². The van der Waals surface area contributed by atoms with E-state index in [2.05, 4.69) is 9.55 Å². The van der Waals surface area contributed by atoms with E-state index in [1.165, 1.54) is 26.4 Å². The molecule has 0 saturated heterocycles. The lowest BCUT2D eigenvalue weighted by molar-refractivity contribution is -0.146. The van der Waals surface area contributed by atoms with Crippen LogP contribution in [0.1, 0.15) is 43.1 Å². The van der Waals surface area contributed by atoms with Crippen LogP contribution in [0.3, 0.4) is 0 Å². The number of fused-ring (bicyclic) bond motifs is 1. The number of halogens is 1. The van der Waals surface area contributed by atoms with Crippen LogP contribution >= 0.6 is 11.6 Å². The van der Waals surface area contributed by atoms with Crippen LogP contribution in [0.2, 0.25) is 5.15 Å². The highest BCUT2D eigenvalue weighted by molar-refractivity contribution is 6.30. The van der Waals surface area contributed by atoms with Crippen molar-refractivity contribution in [2.45, 2.75) is 44.6 Å². The summed E-state index contributed by atoms with van der Waals surface area (Å²) in [4.78, 5) is 16.2. The zero-order chi connectivity index (χ0) is 12.7. The fraction of sp³-hybridized carbons (Fsp3) is 0.692. The maximum atomic E-state index is 11.7. The standard InChI is InChI=1S/C13H17ClN2O2/c1-18-13(17)9-5-6-10-11(14)15-12(16(10)7-9)8-3-2-4-8/h8-9H,2-7H2,1H3. The van der Waals surface area contributed by atoms with Gasteiger partial charge in [-0.15, -0.1) is 0 Å². The van der Waals surface area contributed by atoms with Gasteiger partial charge in [0.2, 0.25) is 0 Å². The van der Waals surface area contributed by atoms with Crippen LogP contribution in [0.4, 0.5) is 0 Å². The summed E-state index contributed by atoms with van der Waals surface area (Å²) in [6, 6.07) is 0. The number of rotatable bonds is 2. The predicted octanol–water partition coefficient (Wildman–Crippen LogP) is 2.54. The molecule has 1 aliphatic heterocycles. The van der Waals surface area contributed by atoms with Crippen LogP contribution in [-0.2, 0) is 22.5 Å². The van der Waals surface area contributed by atoms with E-state index in [1.807, 2.05) is 0 Å². The van der Waals surface area contributed by atoms with Crippen molar-refractivity contribution < 1.29 is 9.53 Å². The number of carbonyl (C=O) groups excluding carboxylic acids is 1. The van der Waals surface area contributed by atoms with Crippen LogP contribution < -0.4 is 0 Å². The summed E-state index contributed by atoms with van der Waals surface area (Å²) in [6.45, 7) is 0.674. The molecule has 1 atom stereocenters. The van der Waals surface area contributed by atoms with Gasteiger partial charge in [0.05, 0.1) is 18.7 Å². The Kier molecular flexibility index (Phi) is 3.06. The molecule has 1 unspecified atom stereocenters. The minimum absolute atomic E-state index is 0.0495. The first-order chi connectivity index (χ1) is 8.70. The van der Waals surface area contributed by atoms with Gasteiger partial charge in [-0.05, 0) is 25.7 Å². The summed E-state index contributed by atoms with van der Waals surface area (Å²) >= 11 is 6.20. The van der Waals surface area contributed by atoms with Crippen LogP contribution in [0, 0.1) is 5.92 Å². The zero-order valence-electron chi connectivity index (χ0n) is 10.5. The molecule has 5 heteroatoms. The first-order valence-electron chi connectivity index (χ1n) is 6.53. The topological polar surface area (TPSA) is 44.1 Å². The molecule has 1 saturated carbocycles. The normalized spacial score (nSPS) is 23.3. The molecule has 2 heterocycles. The molecule has 18 heavy (non-hydrogen) atoms. The van der Waals surface area contributed by atoms with Crippen molar-refractivity contribution >= 4 is 17.6 Å². The quantitative estimate of drug-likeness (QED) is 0.775. The van der Waals surface area contributed by atoms with E-state index in [0.29, 0.717) is 17.6 Å². The molecule has 98 valence electrons. The number of imidazole rings is 1. The lowest BCUT2D eigenvalue weighted by atomic mass is 9.84. The summed E-state index contributed by atoms with van der Waals surface area (Å²) in [5, 5.41) is 0.625. The number of ether oxygens (including phenoxy) is 1. The Labute approximate surface area is 111 Å². The van der Waals surface area contributed by atoms with E-state index < -0.39 is 0 Å². The van der Waals surface area contributed by atoms with Crippen molar-refractivity contribution in [1.82, 2.24) is 9.55 Å². The second-order valence-electron chi connectivity index (χ2n) is 5.20. The van der Waals surface area contributed by atoms with Gasteiger partial charge >= 0.3 is 5.97 Å². The van der Waals surface area contributed by atoms with Gasteiger partial charge in [-0.1, -0.05) is 18.0 Å². The highest BCUT2D eigenvalue weighted by atomic mass is 35.5. The fourth-order valence-corrected chi connectivity index (χ4v) is 3.16. The largest absolute Gasteiger partial charge is 0.469 e. The summed E-state index contributed by atoms with van der Waals surface area (Å²) in [5.41, 5.74) is 1.10. The average molecular weight is 269 g/mol. The number of aromatic nitrogens is 2. The lowest BCUT2D eigenvalue weighted by Gasteiger charge is -2.29. The molecule has 3 rings (SSSR count). The van der Waals surface area contributed by atoms with Gasteiger partial charge in [0, 0.05) is 12.5 Å². The van der Waals surface area contributed by atoms with E-state index in [0.717, 1.165) is 24.4 Å². The molecule has 0 bridgehead atoms. The SMILES string of the molecule is COC(=O)C1CCc2c(Cl)nc(C3CCC3)n2C1. The van der Waals surface area contributed by atoms with Crippen molar-refractivity contribution in [2.75, 3.05) is 7.11 Å². The average Bonchev–Trinajstić information content (AvgIpc) is 2.63. The Morgan fingerprint density at radius 3 is 2.83 bits per heavy atom. The first kappa shape index (κ1) is 12.0. The van der Waals surface area contributed by atoms with Gasteiger partial charge in [-0.25, -0.2) is 4.98 Å². The van der Waals surface area contributed by atoms with Gasteiger partial charge in [0.1, 0.15) is 5.82 Å². The molecule has 1 aromatic rings. The van der Waals surface area contributed by atoms with Crippen LogP contribution in [0.25, 0.3) is 0 Å². The number of esters is 1. The Hall–Kier alpha value is -1.03. The summed E-state index contributed by atoms with van der Waals surface area (Å²) in [5.74, 6) is 1.44. The van der Waals surface area contributed by atoms with Crippen molar-refractivity contribution in [1.29, 1.82) is 0 Å². The van der Waals surface area contributed by atoms with Crippen molar-refractivity contribution in [3.05, 3.63) is 16.7 Å². The number of hydrogen-bond donors (Lipinski definition) is 0. The Morgan fingerprint density at radius 1 is 1.44 bits per heavy atom. The number of nitrogens with zero attached hydrogens (tertiary/aromatic N) is 2. The smallest absolute Gasteiger partial charge is 0.310 e. The monoisotopic (exact) mass is 268 g/mol. The molecule has 0 spiro atoms. The fourth-order valence-electron chi connectivity index (χ4n) is 2.88. The van der Waals surface area contributed by atoms with Gasteiger partial charge in [-0.2, -0.15) is 0 Å². The molecular weight excluding hydrogens is 252 g/mol. The van der Waals surface area contributed by atoms with Gasteiger partial charge in [0.15, 0.2) is 5.15 Å². The van der Waals surface area contributed by atoms with E-state index in [4.69, 9.17) is 16.3 Å².